The SMILES string of the molecule is CC1(c2ccc(F)cc2Cl)NC(=O)N(CC(=O)NCC2COc3ccccc3O2)C1=O. The van der Waals surface area contributed by atoms with E-state index in [1.165, 1.54) is 13.0 Å². The Kier molecular flexibility index (Phi) is 5.45. The van der Waals surface area contributed by atoms with Crippen LogP contribution >= 0.6 is 11.6 Å². The van der Waals surface area contributed by atoms with Gasteiger partial charge in [-0.2, -0.15) is 0 Å². The summed E-state index contributed by atoms with van der Waals surface area (Å²) in [5, 5.41) is 5.18. The quantitative estimate of drug-likeness (QED) is 0.685. The van der Waals surface area contributed by atoms with E-state index < -0.39 is 41.9 Å². The lowest BCUT2D eigenvalue weighted by Gasteiger charge is -2.26. The Bertz CT molecular complexity index is 1070. The number of nitrogens with one attached hydrogen (secondary N) is 2. The molecule has 0 aromatic heterocycles. The third-order valence-corrected chi connectivity index (χ3v) is 5.45. The van der Waals surface area contributed by atoms with Crippen LogP contribution in [0.5, 0.6) is 11.5 Å². The Morgan fingerprint density at radius 1 is 1.29 bits per heavy atom. The van der Waals surface area contributed by atoms with Crippen molar-refractivity contribution in [1.29, 1.82) is 0 Å². The molecule has 8 nitrogen and oxygen atoms in total. The lowest BCUT2D eigenvalue weighted by Crippen LogP contribution is -2.46. The number of nitrogens with zero attached hydrogens (tertiary/aromatic N) is 1. The van der Waals surface area contributed by atoms with Crippen LogP contribution in [0.25, 0.3) is 0 Å². The molecular weight excluding hydrogens is 429 g/mol. The molecule has 0 saturated carbocycles. The fourth-order valence-electron chi connectivity index (χ4n) is 3.51. The van der Waals surface area contributed by atoms with E-state index in [-0.39, 0.29) is 23.7 Å². The largest absolute Gasteiger partial charge is 0.486 e. The predicted molar refractivity (Wildman–Crippen MR) is 108 cm³/mol. The van der Waals surface area contributed by atoms with E-state index in [1.807, 2.05) is 12.1 Å². The number of urea groups is 1. The fraction of sp³-hybridized carbons (Fsp3) is 0.286. The van der Waals surface area contributed by atoms with Gasteiger partial charge in [0, 0.05) is 10.6 Å². The number of fused-ring (bicyclic) bond motifs is 1. The lowest BCUT2D eigenvalue weighted by atomic mass is 9.92. The molecule has 2 unspecified atom stereocenters. The predicted octanol–water partition coefficient (Wildman–Crippen LogP) is 2.20. The van der Waals surface area contributed by atoms with E-state index in [1.54, 1.807) is 12.1 Å². The van der Waals surface area contributed by atoms with Crippen molar-refractivity contribution in [1.82, 2.24) is 15.5 Å². The minimum absolute atomic E-state index is 0.00261. The van der Waals surface area contributed by atoms with Crippen molar-refractivity contribution >= 4 is 29.4 Å². The fourth-order valence-corrected chi connectivity index (χ4v) is 3.87. The number of halogens is 2. The highest BCUT2D eigenvalue weighted by atomic mass is 35.5. The zero-order chi connectivity index (χ0) is 22.2. The van der Waals surface area contributed by atoms with Crippen LogP contribution in [0.3, 0.4) is 0 Å². The summed E-state index contributed by atoms with van der Waals surface area (Å²) in [6.45, 7) is 1.36. The van der Waals surface area contributed by atoms with Crippen LogP contribution in [0.2, 0.25) is 5.02 Å². The molecule has 0 aliphatic carbocycles. The van der Waals surface area contributed by atoms with Gasteiger partial charge in [-0.25, -0.2) is 9.18 Å². The number of para-hydroxylation sites is 2. The van der Waals surface area contributed by atoms with Gasteiger partial charge in [0.25, 0.3) is 5.91 Å². The molecule has 4 rings (SSSR count). The molecule has 10 heteroatoms. The van der Waals surface area contributed by atoms with Crippen molar-refractivity contribution in [3.8, 4) is 11.5 Å². The summed E-state index contributed by atoms with van der Waals surface area (Å²) in [5.41, 5.74) is -1.27. The van der Waals surface area contributed by atoms with Gasteiger partial charge in [0.1, 0.15) is 30.6 Å². The topological polar surface area (TPSA) is 97.0 Å². The molecule has 0 bridgehead atoms. The van der Waals surface area contributed by atoms with Crippen molar-refractivity contribution in [3.63, 3.8) is 0 Å². The normalized spacial score (nSPS) is 22.3. The highest BCUT2D eigenvalue weighted by Gasteiger charge is 2.50. The highest BCUT2D eigenvalue weighted by Crippen LogP contribution is 2.34. The number of ether oxygens (including phenoxy) is 2. The summed E-state index contributed by atoms with van der Waals surface area (Å²) >= 11 is 6.07. The van der Waals surface area contributed by atoms with Crippen molar-refractivity contribution in [2.24, 2.45) is 0 Å². The smallest absolute Gasteiger partial charge is 0.325 e. The van der Waals surface area contributed by atoms with Gasteiger partial charge in [-0.3, -0.25) is 14.5 Å². The summed E-state index contributed by atoms with van der Waals surface area (Å²) in [6, 6.07) is 9.98. The van der Waals surface area contributed by atoms with Crippen molar-refractivity contribution in [3.05, 3.63) is 58.9 Å². The number of benzene rings is 2. The van der Waals surface area contributed by atoms with Gasteiger partial charge < -0.3 is 20.1 Å². The molecule has 0 spiro atoms. The average Bonchev–Trinajstić information content (AvgIpc) is 2.95. The minimum Gasteiger partial charge on any atom is -0.486 e. The van der Waals surface area contributed by atoms with E-state index in [0.29, 0.717) is 11.5 Å². The van der Waals surface area contributed by atoms with Gasteiger partial charge in [-0.15, -0.1) is 0 Å². The van der Waals surface area contributed by atoms with Gasteiger partial charge in [0.2, 0.25) is 5.91 Å². The molecule has 2 aliphatic rings. The van der Waals surface area contributed by atoms with Crippen molar-refractivity contribution in [2.45, 2.75) is 18.6 Å². The molecule has 2 aliphatic heterocycles. The summed E-state index contributed by atoms with van der Waals surface area (Å²) in [4.78, 5) is 38.5. The lowest BCUT2D eigenvalue weighted by molar-refractivity contribution is -0.134. The Hall–Kier alpha value is -3.33. The third-order valence-electron chi connectivity index (χ3n) is 5.14. The second-order valence-electron chi connectivity index (χ2n) is 7.37. The van der Waals surface area contributed by atoms with Crippen LogP contribution < -0.4 is 20.1 Å². The van der Waals surface area contributed by atoms with Crippen molar-refractivity contribution in [2.75, 3.05) is 19.7 Å². The van der Waals surface area contributed by atoms with E-state index in [9.17, 15) is 18.8 Å². The first-order valence-electron chi connectivity index (χ1n) is 9.53. The standard InChI is InChI=1S/C21H19ClFN3O5/c1-21(14-7-6-12(23)8-15(14)22)19(28)26(20(29)25-21)10-18(27)24-9-13-11-30-16-4-2-3-5-17(16)31-13/h2-8,13H,9-11H2,1H3,(H,24,27)(H,25,29). The van der Waals surface area contributed by atoms with Gasteiger partial charge >= 0.3 is 6.03 Å². The Labute approximate surface area is 182 Å². The maximum atomic E-state index is 13.4. The Morgan fingerprint density at radius 3 is 2.77 bits per heavy atom. The van der Waals surface area contributed by atoms with Crippen molar-refractivity contribution < 1.29 is 28.2 Å². The van der Waals surface area contributed by atoms with Gasteiger partial charge in [-0.05, 0) is 31.2 Å². The number of hydrogen-bond acceptors (Lipinski definition) is 5. The van der Waals surface area contributed by atoms with Crippen LogP contribution in [0, 0.1) is 5.82 Å². The molecule has 162 valence electrons. The molecule has 31 heavy (non-hydrogen) atoms. The number of carbonyl (C=O) groups is 3. The summed E-state index contributed by atoms with van der Waals surface area (Å²) in [5.74, 6) is -0.563. The number of carbonyl (C=O) groups excluding carboxylic acids is 3. The maximum Gasteiger partial charge on any atom is 0.325 e. The van der Waals surface area contributed by atoms with Crippen LogP contribution in [-0.4, -0.2) is 48.5 Å². The van der Waals surface area contributed by atoms with Gasteiger partial charge in [-0.1, -0.05) is 29.8 Å². The van der Waals surface area contributed by atoms with Crippen LogP contribution in [0.15, 0.2) is 42.5 Å². The molecule has 2 heterocycles. The number of rotatable bonds is 5. The monoisotopic (exact) mass is 447 g/mol. The number of amides is 4. The summed E-state index contributed by atoms with van der Waals surface area (Å²) in [6.07, 6.45) is -0.412. The molecular formula is C21H19ClFN3O5. The molecule has 2 aromatic rings. The van der Waals surface area contributed by atoms with Crippen LogP contribution in [0.1, 0.15) is 12.5 Å². The van der Waals surface area contributed by atoms with Gasteiger partial charge in [0.15, 0.2) is 11.5 Å². The average molecular weight is 448 g/mol. The Balaban J connectivity index is 1.37. The first kappa shape index (κ1) is 20.9. The molecule has 2 aromatic carbocycles. The highest BCUT2D eigenvalue weighted by molar-refractivity contribution is 6.32. The number of imide groups is 1. The molecule has 0 radical (unpaired) electrons. The van der Waals surface area contributed by atoms with Crippen LogP contribution in [0.4, 0.5) is 9.18 Å². The summed E-state index contributed by atoms with van der Waals surface area (Å²) < 4.78 is 24.7. The zero-order valence-corrected chi connectivity index (χ0v) is 17.2. The van der Waals surface area contributed by atoms with E-state index in [2.05, 4.69) is 10.6 Å². The molecule has 2 atom stereocenters. The van der Waals surface area contributed by atoms with E-state index in [0.717, 1.165) is 17.0 Å². The second-order valence-corrected chi connectivity index (χ2v) is 7.78. The summed E-state index contributed by atoms with van der Waals surface area (Å²) in [7, 11) is 0. The van der Waals surface area contributed by atoms with Gasteiger partial charge in [0.05, 0.1) is 6.54 Å². The second kappa shape index (κ2) is 8.07. The minimum atomic E-state index is -1.51. The molecule has 1 fully saturated rings. The van der Waals surface area contributed by atoms with E-state index in [4.69, 9.17) is 21.1 Å². The zero-order valence-electron chi connectivity index (χ0n) is 16.5. The third kappa shape index (κ3) is 4.00. The first-order valence-corrected chi connectivity index (χ1v) is 9.90. The molecule has 4 amide bonds. The molecule has 2 N–H and O–H groups in total. The Morgan fingerprint density at radius 2 is 2.03 bits per heavy atom. The van der Waals surface area contributed by atoms with Crippen LogP contribution in [-0.2, 0) is 15.1 Å². The number of hydrogen-bond donors (Lipinski definition) is 2. The molecule has 1 saturated heterocycles. The maximum absolute atomic E-state index is 13.4. The van der Waals surface area contributed by atoms with E-state index >= 15 is 0 Å². The first-order chi connectivity index (χ1) is 14.8.